The van der Waals surface area contributed by atoms with Crippen molar-refractivity contribution < 1.29 is 4.79 Å². The van der Waals surface area contributed by atoms with Crippen LogP contribution in [0.25, 0.3) is 0 Å². The van der Waals surface area contributed by atoms with Crippen molar-refractivity contribution in [2.45, 2.75) is 39.2 Å². The first-order valence-corrected chi connectivity index (χ1v) is 7.58. The number of nitrogens with one attached hydrogen (secondary N) is 1. The summed E-state index contributed by atoms with van der Waals surface area (Å²) >= 11 is 0. The molecule has 2 rings (SSSR count). The number of carbonyl (C=O) groups excluding carboxylic acids is 1. The number of hydrogen-bond acceptors (Lipinski definition) is 4. The topological polar surface area (TPSA) is 72.7 Å². The zero-order valence-corrected chi connectivity index (χ0v) is 13.4. The Morgan fingerprint density at radius 3 is 2.82 bits per heavy atom. The maximum absolute atomic E-state index is 12.2. The molecule has 0 saturated carbocycles. The lowest BCUT2D eigenvalue weighted by atomic mass is 9.98. The largest absolute Gasteiger partial charge is 0.349 e. The van der Waals surface area contributed by atoms with E-state index in [9.17, 15) is 4.79 Å². The Bertz CT molecular complexity index is 594. The van der Waals surface area contributed by atoms with Crippen LogP contribution in [0.4, 0.5) is 0 Å². The summed E-state index contributed by atoms with van der Waals surface area (Å²) < 4.78 is 1.83. The van der Waals surface area contributed by atoms with Crippen molar-refractivity contribution in [2.24, 2.45) is 13.0 Å². The van der Waals surface area contributed by atoms with Gasteiger partial charge in [0.1, 0.15) is 12.2 Å². The number of amides is 1. The second-order valence-electron chi connectivity index (χ2n) is 5.89. The van der Waals surface area contributed by atoms with Gasteiger partial charge in [-0.3, -0.25) is 9.78 Å². The summed E-state index contributed by atoms with van der Waals surface area (Å²) in [6.45, 7) is 4.30. The highest BCUT2D eigenvalue weighted by Gasteiger charge is 2.16. The van der Waals surface area contributed by atoms with Gasteiger partial charge in [-0.1, -0.05) is 19.9 Å². The lowest BCUT2D eigenvalue weighted by Gasteiger charge is -2.20. The van der Waals surface area contributed by atoms with Gasteiger partial charge in [0.15, 0.2) is 0 Å². The molecule has 2 aromatic heterocycles. The van der Waals surface area contributed by atoms with Crippen LogP contribution in [0.3, 0.4) is 0 Å². The van der Waals surface area contributed by atoms with E-state index in [2.05, 4.69) is 34.3 Å². The van der Waals surface area contributed by atoms with Gasteiger partial charge in [0.05, 0.1) is 6.04 Å². The third kappa shape index (κ3) is 4.65. The normalized spacial score (nSPS) is 12.4. The Balaban J connectivity index is 1.95. The molecular formula is C16H23N5O. The van der Waals surface area contributed by atoms with Gasteiger partial charge in [0.25, 0.3) is 0 Å². The van der Waals surface area contributed by atoms with E-state index >= 15 is 0 Å². The third-order valence-electron chi connectivity index (χ3n) is 3.51. The van der Waals surface area contributed by atoms with Gasteiger partial charge in [-0.15, -0.1) is 10.2 Å². The minimum absolute atomic E-state index is 0.000645. The summed E-state index contributed by atoms with van der Waals surface area (Å²) in [4.78, 5) is 16.4. The van der Waals surface area contributed by atoms with Crippen LogP contribution in [0.5, 0.6) is 0 Å². The Morgan fingerprint density at radius 1 is 1.41 bits per heavy atom. The van der Waals surface area contributed by atoms with Crippen molar-refractivity contribution in [1.29, 1.82) is 0 Å². The van der Waals surface area contributed by atoms with Gasteiger partial charge < -0.3 is 9.88 Å². The molecule has 0 aliphatic carbocycles. The predicted octanol–water partition coefficient (Wildman–Crippen LogP) is 2.05. The molecule has 6 heteroatoms. The molecule has 1 atom stereocenters. The van der Waals surface area contributed by atoms with E-state index in [1.165, 1.54) is 0 Å². The molecule has 1 N–H and O–H groups in total. The van der Waals surface area contributed by atoms with Gasteiger partial charge in [0, 0.05) is 32.3 Å². The molecule has 2 aromatic rings. The van der Waals surface area contributed by atoms with Crippen LogP contribution in [-0.2, 0) is 18.3 Å². The van der Waals surface area contributed by atoms with Crippen molar-refractivity contribution in [3.8, 4) is 0 Å². The second-order valence-corrected chi connectivity index (χ2v) is 5.89. The fourth-order valence-electron chi connectivity index (χ4n) is 2.36. The van der Waals surface area contributed by atoms with Gasteiger partial charge in [0.2, 0.25) is 5.91 Å². The van der Waals surface area contributed by atoms with Crippen LogP contribution >= 0.6 is 0 Å². The number of nitrogens with zero attached hydrogens (tertiary/aromatic N) is 4. The molecule has 0 radical (unpaired) electrons. The maximum Gasteiger partial charge on any atom is 0.220 e. The van der Waals surface area contributed by atoms with Gasteiger partial charge in [-0.25, -0.2) is 0 Å². The van der Waals surface area contributed by atoms with E-state index < -0.39 is 0 Å². The molecule has 1 amide bonds. The number of aromatic nitrogens is 4. The summed E-state index contributed by atoms with van der Waals surface area (Å²) in [5.41, 5.74) is 1.04. The molecule has 0 bridgehead atoms. The Hall–Kier alpha value is -2.24. The van der Waals surface area contributed by atoms with E-state index in [0.29, 0.717) is 18.8 Å². The average molecular weight is 301 g/mol. The monoisotopic (exact) mass is 301 g/mol. The average Bonchev–Trinajstić information content (AvgIpc) is 2.90. The predicted molar refractivity (Wildman–Crippen MR) is 83.9 cm³/mol. The highest BCUT2D eigenvalue weighted by Crippen LogP contribution is 2.20. The molecule has 0 aliphatic heterocycles. The van der Waals surface area contributed by atoms with E-state index in [0.717, 1.165) is 17.8 Å². The standard InChI is InChI=1S/C16H23N5O/c1-12(2)9-14(13-5-4-8-17-10-13)19-16(22)7-6-15-20-18-11-21(15)3/h4-5,8,10-12,14H,6-7,9H2,1-3H3,(H,19,22)/t14-/m1/s1. The molecule has 118 valence electrons. The molecule has 0 spiro atoms. The number of aryl methyl sites for hydroxylation is 2. The summed E-state index contributed by atoms with van der Waals surface area (Å²) in [6.07, 6.45) is 7.08. The Kier molecular flexibility index (Phi) is 5.63. The Labute approximate surface area is 131 Å². The summed E-state index contributed by atoms with van der Waals surface area (Å²) in [6, 6.07) is 3.90. The maximum atomic E-state index is 12.2. The molecule has 2 heterocycles. The van der Waals surface area contributed by atoms with Crippen molar-refractivity contribution in [3.05, 3.63) is 42.2 Å². The number of pyridine rings is 1. The quantitative estimate of drug-likeness (QED) is 0.849. The molecule has 0 aliphatic rings. The number of hydrogen-bond donors (Lipinski definition) is 1. The third-order valence-corrected chi connectivity index (χ3v) is 3.51. The lowest BCUT2D eigenvalue weighted by Crippen LogP contribution is -2.30. The SMILES string of the molecule is CC(C)C[C@@H](NC(=O)CCc1nncn1C)c1cccnc1. The molecule has 0 saturated heterocycles. The molecule has 22 heavy (non-hydrogen) atoms. The smallest absolute Gasteiger partial charge is 0.220 e. The van der Waals surface area contributed by atoms with Gasteiger partial charge >= 0.3 is 0 Å². The molecule has 0 fully saturated rings. The fourth-order valence-corrected chi connectivity index (χ4v) is 2.36. The van der Waals surface area contributed by atoms with Crippen molar-refractivity contribution >= 4 is 5.91 Å². The minimum atomic E-state index is 0.000645. The van der Waals surface area contributed by atoms with Gasteiger partial charge in [-0.05, 0) is 24.0 Å². The fraction of sp³-hybridized carbons (Fsp3) is 0.500. The molecule has 0 aromatic carbocycles. The zero-order chi connectivity index (χ0) is 15.9. The summed E-state index contributed by atoms with van der Waals surface area (Å²) in [5.74, 6) is 1.33. The number of carbonyl (C=O) groups is 1. The van der Waals surface area contributed by atoms with E-state index in [1.54, 1.807) is 12.5 Å². The summed E-state index contributed by atoms with van der Waals surface area (Å²) in [7, 11) is 1.88. The van der Waals surface area contributed by atoms with Crippen LogP contribution in [0, 0.1) is 5.92 Å². The van der Waals surface area contributed by atoms with Crippen molar-refractivity contribution in [1.82, 2.24) is 25.1 Å². The lowest BCUT2D eigenvalue weighted by molar-refractivity contribution is -0.121. The van der Waals surface area contributed by atoms with E-state index in [1.807, 2.05) is 29.9 Å². The highest BCUT2D eigenvalue weighted by atomic mass is 16.1. The van der Waals surface area contributed by atoms with Crippen LogP contribution in [0.15, 0.2) is 30.9 Å². The van der Waals surface area contributed by atoms with Gasteiger partial charge in [-0.2, -0.15) is 0 Å². The van der Waals surface area contributed by atoms with Crippen LogP contribution in [0.1, 0.15) is 44.1 Å². The minimum Gasteiger partial charge on any atom is -0.349 e. The summed E-state index contributed by atoms with van der Waals surface area (Å²) in [5, 5.41) is 10.9. The first kappa shape index (κ1) is 16.1. The molecular weight excluding hydrogens is 278 g/mol. The van der Waals surface area contributed by atoms with Crippen LogP contribution in [-0.4, -0.2) is 25.7 Å². The second kappa shape index (κ2) is 7.68. The molecule has 6 nitrogen and oxygen atoms in total. The first-order chi connectivity index (χ1) is 10.6. The zero-order valence-electron chi connectivity index (χ0n) is 13.4. The van der Waals surface area contributed by atoms with E-state index in [-0.39, 0.29) is 11.9 Å². The molecule has 0 unspecified atom stereocenters. The van der Waals surface area contributed by atoms with Crippen LogP contribution < -0.4 is 5.32 Å². The highest BCUT2D eigenvalue weighted by molar-refractivity contribution is 5.76. The van der Waals surface area contributed by atoms with Crippen molar-refractivity contribution in [3.63, 3.8) is 0 Å². The van der Waals surface area contributed by atoms with E-state index in [4.69, 9.17) is 0 Å². The number of rotatable bonds is 7. The Morgan fingerprint density at radius 2 is 2.23 bits per heavy atom. The van der Waals surface area contributed by atoms with Crippen LogP contribution in [0.2, 0.25) is 0 Å². The van der Waals surface area contributed by atoms with Crippen molar-refractivity contribution in [2.75, 3.05) is 0 Å². The first-order valence-electron chi connectivity index (χ1n) is 7.58.